The lowest BCUT2D eigenvalue weighted by molar-refractivity contribution is -0.154. The number of alkyl carbamates (subject to hydrolysis) is 1. The Morgan fingerprint density at radius 2 is 1.53 bits per heavy atom. The lowest BCUT2D eigenvalue weighted by atomic mass is 10.1. The second-order valence-corrected chi connectivity index (χ2v) is 9.83. The number of anilines is 2. The standard InChI is InChI=1S/C25H37N5O4/c1-24(2,3)33-21(31)13-10-14-26-19-17-20(27-15-16-28-23(32)34-25(4,5)6)29-30-22(19)18-11-8-7-9-12-18/h7-9,11-12,17H,10,13-16H2,1-6H3,(H,28,32)(H2,26,27,29). The quantitative estimate of drug-likeness (QED) is 0.340. The number of amides is 1. The van der Waals surface area contributed by atoms with Crippen LogP contribution < -0.4 is 16.0 Å². The Morgan fingerprint density at radius 1 is 0.853 bits per heavy atom. The molecule has 1 aromatic carbocycles. The van der Waals surface area contributed by atoms with Crippen LogP contribution in [-0.4, -0.2) is 53.1 Å². The summed E-state index contributed by atoms with van der Waals surface area (Å²) in [6.07, 6.45) is 0.478. The van der Waals surface area contributed by atoms with E-state index in [1.54, 1.807) is 0 Å². The average molecular weight is 472 g/mol. The molecule has 0 atom stereocenters. The first-order valence-electron chi connectivity index (χ1n) is 11.5. The third kappa shape index (κ3) is 10.5. The summed E-state index contributed by atoms with van der Waals surface area (Å²) in [6, 6.07) is 11.6. The predicted octanol–water partition coefficient (Wildman–Crippen LogP) is 4.61. The summed E-state index contributed by atoms with van der Waals surface area (Å²) in [5.74, 6) is 0.352. The molecule has 0 unspecified atom stereocenters. The van der Waals surface area contributed by atoms with Crippen molar-refractivity contribution in [2.45, 2.75) is 65.6 Å². The van der Waals surface area contributed by atoms with Gasteiger partial charge in [0.2, 0.25) is 0 Å². The number of carbonyl (C=O) groups is 2. The Morgan fingerprint density at radius 3 is 2.18 bits per heavy atom. The van der Waals surface area contributed by atoms with Gasteiger partial charge in [0.15, 0.2) is 5.82 Å². The maximum Gasteiger partial charge on any atom is 0.407 e. The molecule has 0 aliphatic rings. The molecule has 9 heteroatoms. The van der Waals surface area contributed by atoms with Crippen LogP contribution in [0.3, 0.4) is 0 Å². The van der Waals surface area contributed by atoms with E-state index < -0.39 is 17.3 Å². The number of rotatable bonds is 10. The molecular weight excluding hydrogens is 434 g/mol. The highest BCUT2D eigenvalue weighted by Gasteiger charge is 2.17. The van der Waals surface area contributed by atoms with Gasteiger partial charge in [0.05, 0.1) is 5.69 Å². The van der Waals surface area contributed by atoms with Crippen LogP contribution in [0.5, 0.6) is 0 Å². The molecule has 186 valence electrons. The number of nitrogens with one attached hydrogen (secondary N) is 3. The van der Waals surface area contributed by atoms with Crippen LogP contribution in [0.1, 0.15) is 54.4 Å². The van der Waals surface area contributed by atoms with Gasteiger partial charge in [-0.15, -0.1) is 10.2 Å². The van der Waals surface area contributed by atoms with Crippen molar-refractivity contribution in [3.8, 4) is 11.3 Å². The topological polar surface area (TPSA) is 114 Å². The number of esters is 1. The van der Waals surface area contributed by atoms with Gasteiger partial charge in [-0.3, -0.25) is 4.79 Å². The number of benzene rings is 1. The zero-order valence-corrected chi connectivity index (χ0v) is 21.0. The highest BCUT2D eigenvalue weighted by Crippen LogP contribution is 2.27. The summed E-state index contributed by atoms with van der Waals surface area (Å²) in [5.41, 5.74) is 1.42. The van der Waals surface area contributed by atoms with Crippen molar-refractivity contribution in [1.29, 1.82) is 0 Å². The normalized spacial score (nSPS) is 11.5. The summed E-state index contributed by atoms with van der Waals surface area (Å²) >= 11 is 0. The molecule has 3 N–H and O–H groups in total. The van der Waals surface area contributed by atoms with E-state index >= 15 is 0 Å². The van der Waals surface area contributed by atoms with Crippen molar-refractivity contribution in [3.63, 3.8) is 0 Å². The number of ether oxygens (including phenoxy) is 2. The van der Waals surface area contributed by atoms with Crippen LogP contribution >= 0.6 is 0 Å². The second kappa shape index (κ2) is 12.2. The van der Waals surface area contributed by atoms with E-state index in [2.05, 4.69) is 26.1 Å². The predicted molar refractivity (Wildman–Crippen MR) is 134 cm³/mol. The van der Waals surface area contributed by atoms with Crippen LogP contribution in [0.15, 0.2) is 36.4 Å². The Hall–Kier alpha value is -3.36. The molecule has 9 nitrogen and oxygen atoms in total. The van der Waals surface area contributed by atoms with Crippen molar-refractivity contribution in [1.82, 2.24) is 15.5 Å². The molecule has 2 rings (SSSR count). The summed E-state index contributed by atoms with van der Waals surface area (Å²) < 4.78 is 10.6. The van der Waals surface area contributed by atoms with E-state index in [9.17, 15) is 9.59 Å². The van der Waals surface area contributed by atoms with Crippen LogP contribution in [0.4, 0.5) is 16.3 Å². The average Bonchev–Trinajstić information content (AvgIpc) is 2.72. The summed E-state index contributed by atoms with van der Waals surface area (Å²) in [7, 11) is 0. The minimum absolute atomic E-state index is 0.217. The fourth-order valence-corrected chi connectivity index (χ4v) is 2.94. The number of hydrogen-bond acceptors (Lipinski definition) is 8. The number of hydrogen-bond donors (Lipinski definition) is 3. The van der Waals surface area contributed by atoms with Gasteiger partial charge in [-0.05, 0) is 48.0 Å². The Labute approximate surface area is 202 Å². The van der Waals surface area contributed by atoms with Gasteiger partial charge in [-0.2, -0.15) is 0 Å². The summed E-state index contributed by atoms with van der Waals surface area (Å²) in [4.78, 5) is 23.7. The van der Waals surface area contributed by atoms with Crippen molar-refractivity contribution < 1.29 is 19.1 Å². The van der Waals surface area contributed by atoms with E-state index in [0.29, 0.717) is 38.3 Å². The molecule has 1 heterocycles. The van der Waals surface area contributed by atoms with E-state index in [1.807, 2.05) is 77.9 Å². The number of nitrogens with zero attached hydrogens (tertiary/aromatic N) is 2. The minimum Gasteiger partial charge on any atom is -0.460 e. The zero-order chi connectivity index (χ0) is 25.2. The maximum atomic E-state index is 12.0. The Kier molecular flexibility index (Phi) is 9.65. The van der Waals surface area contributed by atoms with Crippen molar-refractivity contribution in [3.05, 3.63) is 36.4 Å². The van der Waals surface area contributed by atoms with E-state index in [4.69, 9.17) is 9.47 Å². The van der Waals surface area contributed by atoms with Crippen molar-refractivity contribution in [2.24, 2.45) is 0 Å². The van der Waals surface area contributed by atoms with Crippen LogP contribution in [0, 0.1) is 0 Å². The van der Waals surface area contributed by atoms with Gasteiger partial charge in [-0.25, -0.2) is 4.79 Å². The summed E-state index contributed by atoms with van der Waals surface area (Å²) in [5, 5.41) is 17.9. The molecule has 1 aromatic heterocycles. The molecule has 0 radical (unpaired) electrons. The molecule has 0 fully saturated rings. The van der Waals surface area contributed by atoms with Gasteiger partial charge in [-0.1, -0.05) is 30.3 Å². The zero-order valence-electron chi connectivity index (χ0n) is 21.0. The van der Waals surface area contributed by atoms with Gasteiger partial charge >= 0.3 is 12.1 Å². The molecule has 0 aliphatic heterocycles. The molecule has 0 saturated carbocycles. The van der Waals surface area contributed by atoms with Crippen LogP contribution in [0.25, 0.3) is 11.3 Å². The largest absolute Gasteiger partial charge is 0.460 e. The van der Waals surface area contributed by atoms with E-state index in [1.165, 1.54) is 0 Å². The number of carbonyl (C=O) groups excluding carboxylic acids is 2. The summed E-state index contributed by atoms with van der Waals surface area (Å²) in [6.45, 7) is 12.4. The third-order valence-corrected chi connectivity index (χ3v) is 4.23. The first-order valence-corrected chi connectivity index (χ1v) is 11.5. The molecule has 34 heavy (non-hydrogen) atoms. The van der Waals surface area contributed by atoms with Gasteiger partial charge in [0.25, 0.3) is 0 Å². The van der Waals surface area contributed by atoms with Gasteiger partial charge < -0.3 is 25.4 Å². The molecule has 0 saturated heterocycles. The molecule has 1 amide bonds. The lowest BCUT2D eigenvalue weighted by Gasteiger charge is -2.20. The molecule has 0 aliphatic carbocycles. The molecule has 0 spiro atoms. The minimum atomic E-state index is -0.541. The SMILES string of the molecule is CC(C)(C)OC(=O)CCCNc1cc(NCCNC(=O)OC(C)(C)C)nnc1-c1ccccc1. The molecule has 2 aromatic rings. The van der Waals surface area contributed by atoms with Crippen LogP contribution in [-0.2, 0) is 14.3 Å². The van der Waals surface area contributed by atoms with Crippen LogP contribution in [0.2, 0.25) is 0 Å². The monoisotopic (exact) mass is 471 g/mol. The van der Waals surface area contributed by atoms with E-state index in [-0.39, 0.29) is 5.97 Å². The highest BCUT2D eigenvalue weighted by molar-refractivity contribution is 5.75. The maximum absolute atomic E-state index is 12.0. The first-order chi connectivity index (χ1) is 15.9. The van der Waals surface area contributed by atoms with E-state index in [0.717, 1.165) is 16.9 Å². The molecule has 0 bridgehead atoms. The second-order valence-electron chi connectivity index (χ2n) is 9.83. The fraction of sp³-hybridized carbons (Fsp3) is 0.520. The van der Waals surface area contributed by atoms with Gasteiger partial charge in [0.1, 0.15) is 16.9 Å². The Balaban J connectivity index is 1.96. The Bertz CT molecular complexity index is 937. The smallest absolute Gasteiger partial charge is 0.407 e. The van der Waals surface area contributed by atoms with Crippen molar-refractivity contribution >= 4 is 23.6 Å². The highest BCUT2D eigenvalue weighted by atomic mass is 16.6. The van der Waals surface area contributed by atoms with Gasteiger partial charge in [0, 0.05) is 37.7 Å². The fourth-order valence-electron chi connectivity index (χ4n) is 2.94. The first kappa shape index (κ1) is 26.9. The third-order valence-electron chi connectivity index (χ3n) is 4.23. The molecular formula is C25H37N5O4. The lowest BCUT2D eigenvalue weighted by Crippen LogP contribution is -2.35. The number of aromatic nitrogens is 2. The van der Waals surface area contributed by atoms with Crippen molar-refractivity contribution in [2.75, 3.05) is 30.3 Å².